The first-order valence-corrected chi connectivity index (χ1v) is 7.82. The van der Waals surface area contributed by atoms with Gasteiger partial charge in [0.05, 0.1) is 6.10 Å². The molecule has 0 aromatic heterocycles. The predicted octanol–water partition coefficient (Wildman–Crippen LogP) is 3.31. The normalized spacial score (nSPS) is 19.4. The second-order valence-corrected chi connectivity index (χ2v) is 7.40. The van der Waals surface area contributed by atoms with E-state index in [1.807, 2.05) is 6.07 Å². The van der Waals surface area contributed by atoms with Crippen molar-refractivity contribution in [3.63, 3.8) is 0 Å². The largest absolute Gasteiger partial charge is 0.391 e. The quantitative estimate of drug-likeness (QED) is 0.907. The van der Waals surface area contributed by atoms with Crippen molar-refractivity contribution in [1.82, 2.24) is 4.90 Å². The summed E-state index contributed by atoms with van der Waals surface area (Å²) in [7, 11) is 0. The maximum absolute atomic E-state index is 12.8. The van der Waals surface area contributed by atoms with Gasteiger partial charge in [0.15, 0.2) is 0 Å². The Morgan fingerprint density at radius 2 is 2.00 bits per heavy atom. The molecule has 116 valence electrons. The minimum absolute atomic E-state index is 0.0229. The number of carbonyl (C=O) groups is 1. The summed E-state index contributed by atoms with van der Waals surface area (Å²) >= 11 is 0. The molecule has 0 bridgehead atoms. The van der Waals surface area contributed by atoms with Gasteiger partial charge in [-0.05, 0) is 34.9 Å². The van der Waals surface area contributed by atoms with E-state index in [4.69, 9.17) is 0 Å². The summed E-state index contributed by atoms with van der Waals surface area (Å²) in [5, 5.41) is 9.66. The summed E-state index contributed by atoms with van der Waals surface area (Å²) in [5.41, 5.74) is 3.09. The Hall–Kier alpha value is -1.35. The van der Waals surface area contributed by atoms with Crippen LogP contribution in [0.3, 0.4) is 0 Å². The molecule has 1 N–H and O–H groups in total. The summed E-state index contributed by atoms with van der Waals surface area (Å²) in [6.45, 7) is 11.8. The van der Waals surface area contributed by atoms with Crippen LogP contribution >= 0.6 is 0 Å². The highest BCUT2D eigenvalue weighted by Gasteiger charge is 2.28. The van der Waals surface area contributed by atoms with E-state index in [1.165, 1.54) is 5.56 Å². The minimum Gasteiger partial charge on any atom is -0.391 e. The fourth-order valence-corrected chi connectivity index (χ4v) is 2.81. The van der Waals surface area contributed by atoms with Crippen molar-refractivity contribution in [3.8, 4) is 0 Å². The molecule has 21 heavy (non-hydrogen) atoms. The maximum atomic E-state index is 12.8. The van der Waals surface area contributed by atoms with E-state index in [0.29, 0.717) is 25.4 Å². The van der Waals surface area contributed by atoms with Gasteiger partial charge in [0.25, 0.3) is 5.91 Å². The number of likely N-dealkylation sites (tertiary alicyclic amines) is 1. The zero-order valence-electron chi connectivity index (χ0n) is 13.8. The van der Waals surface area contributed by atoms with E-state index < -0.39 is 0 Å². The van der Waals surface area contributed by atoms with Gasteiger partial charge in [-0.1, -0.05) is 46.8 Å². The summed E-state index contributed by atoms with van der Waals surface area (Å²) in [6, 6.07) is 6.26. The zero-order chi connectivity index (χ0) is 15.8. The molecule has 2 rings (SSSR count). The van der Waals surface area contributed by atoms with Crippen molar-refractivity contribution in [3.05, 3.63) is 34.9 Å². The molecule has 1 fully saturated rings. The van der Waals surface area contributed by atoms with Gasteiger partial charge in [0.1, 0.15) is 0 Å². The Morgan fingerprint density at radius 1 is 1.33 bits per heavy atom. The van der Waals surface area contributed by atoms with Gasteiger partial charge in [-0.2, -0.15) is 0 Å². The van der Waals surface area contributed by atoms with Crippen molar-refractivity contribution < 1.29 is 9.90 Å². The Bertz CT molecular complexity index is 529. The van der Waals surface area contributed by atoms with Crippen LogP contribution in [0.4, 0.5) is 0 Å². The van der Waals surface area contributed by atoms with E-state index in [1.54, 1.807) is 4.90 Å². The maximum Gasteiger partial charge on any atom is 0.254 e. The van der Waals surface area contributed by atoms with Crippen LogP contribution in [0, 0.1) is 0 Å². The molecule has 3 heteroatoms. The number of hydrogen-bond acceptors (Lipinski definition) is 2. The van der Waals surface area contributed by atoms with Gasteiger partial charge in [0, 0.05) is 18.7 Å². The number of rotatable bonds is 2. The Labute approximate surface area is 128 Å². The van der Waals surface area contributed by atoms with Crippen LogP contribution in [-0.4, -0.2) is 35.1 Å². The lowest BCUT2D eigenvalue weighted by molar-refractivity contribution is 0.0763. The van der Waals surface area contributed by atoms with E-state index >= 15 is 0 Å². The molecule has 1 amide bonds. The van der Waals surface area contributed by atoms with E-state index in [2.05, 4.69) is 46.8 Å². The molecular formula is C18H27NO2. The molecule has 1 unspecified atom stereocenters. The molecule has 3 nitrogen and oxygen atoms in total. The van der Waals surface area contributed by atoms with Gasteiger partial charge in [-0.25, -0.2) is 0 Å². The van der Waals surface area contributed by atoms with E-state index in [-0.39, 0.29) is 17.4 Å². The highest BCUT2D eigenvalue weighted by Crippen LogP contribution is 2.29. The summed E-state index contributed by atoms with van der Waals surface area (Å²) in [6.07, 6.45) is 0.309. The first kappa shape index (κ1) is 16.0. The Morgan fingerprint density at radius 3 is 2.48 bits per heavy atom. The second kappa shape index (κ2) is 5.80. The third-order valence-electron chi connectivity index (χ3n) is 4.22. The molecule has 1 atom stereocenters. The fraction of sp³-hybridized carbons (Fsp3) is 0.611. The molecule has 0 aliphatic carbocycles. The Balaban J connectivity index is 2.41. The highest BCUT2D eigenvalue weighted by atomic mass is 16.3. The summed E-state index contributed by atoms with van der Waals surface area (Å²) in [4.78, 5) is 14.6. The lowest BCUT2D eigenvalue weighted by atomic mass is 9.83. The summed E-state index contributed by atoms with van der Waals surface area (Å²) in [5.74, 6) is 0.367. The standard InChI is InChI=1S/C18H27NO2/c1-12(2)15-7-6-13(18(3,4)5)10-16(15)17(21)19-9-8-14(20)11-19/h6-7,10,12,14,20H,8-9,11H2,1-5H3. The number of hydrogen-bond donors (Lipinski definition) is 1. The monoisotopic (exact) mass is 289 g/mol. The van der Waals surface area contributed by atoms with Crippen molar-refractivity contribution >= 4 is 5.91 Å². The van der Waals surface area contributed by atoms with Crippen LogP contribution in [0.1, 0.15) is 68.4 Å². The van der Waals surface area contributed by atoms with Gasteiger partial charge < -0.3 is 10.0 Å². The number of nitrogens with zero attached hydrogens (tertiary/aromatic N) is 1. The molecule has 1 saturated heterocycles. The van der Waals surface area contributed by atoms with Crippen LogP contribution in [0.25, 0.3) is 0 Å². The average molecular weight is 289 g/mol. The molecule has 1 aliphatic heterocycles. The fourth-order valence-electron chi connectivity index (χ4n) is 2.81. The molecule has 0 spiro atoms. The smallest absolute Gasteiger partial charge is 0.254 e. The van der Waals surface area contributed by atoms with Crippen LogP contribution in [0.5, 0.6) is 0 Å². The molecule has 1 aromatic carbocycles. The van der Waals surface area contributed by atoms with Crippen LogP contribution < -0.4 is 0 Å². The number of aliphatic hydroxyl groups is 1. The minimum atomic E-state index is -0.373. The van der Waals surface area contributed by atoms with E-state index in [0.717, 1.165) is 11.1 Å². The average Bonchev–Trinajstić information content (AvgIpc) is 2.82. The molecule has 0 saturated carbocycles. The number of amides is 1. The SMILES string of the molecule is CC(C)c1ccc(C(C)(C)C)cc1C(=O)N1CCC(O)C1. The lowest BCUT2D eigenvalue weighted by Crippen LogP contribution is -2.31. The first-order valence-electron chi connectivity index (χ1n) is 7.82. The third-order valence-corrected chi connectivity index (χ3v) is 4.22. The predicted molar refractivity (Wildman–Crippen MR) is 85.8 cm³/mol. The van der Waals surface area contributed by atoms with Crippen molar-refractivity contribution in [2.24, 2.45) is 0 Å². The molecule has 1 heterocycles. The molecule has 1 aliphatic rings. The zero-order valence-corrected chi connectivity index (χ0v) is 13.8. The lowest BCUT2D eigenvalue weighted by Gasteiger charge is -2.24. The Kier molecular flexibility index (Phi) is 4.43. The number of β-amino-alcohol motifs (C(OH)–C–C–N with tert-alkyl or cyclic N) is 1. The molecule has 1 aromatic rings. The van der Waals surface area contributed by atoms with Crippen molar-refractivity contribution in [2.45, 2.75) is 58.5 Å². The summed E-state index contributed by atoms with van der Waals surface area (Å²) < 4.78 is 0. The third kappa shape index (κ3) is 3.46. The van der Waals surface area contributed by atoms with Gasteiger partial charge in [-0.3, -0.25) is 4.79 Å². The van der Waals surface area contributed by atoms with Crippen LogP contribution in [0.2, 0.25) is 0 Å². The van der Waals surface area contributed by atoms with Gasteiger partial charge >= 0.3 is 0 Å². The molecule has 0 radical (unpaired) electrons. The number of carbonyl (C=O) groups excluding carboxylic acids is 1. The van der Waals surface area contributed by atoms with Gasteiger partial charge in [0.2, 0.25) is 0 Å². The highest BCUT2D eigenvalue weighted by molar-refractivity contribution is 5.96. The van der Waals surface area contributed by atoms with Crippen LogP contribution in [-0.2, 0) is 5.41 Å². The number of benzene rings is 1. The first-order chi connectivity index (χ1) is 9.70. The van der Waals surface area contributed by atoms with E-state index in [9.17, 15) is 9.90 Å². The van der Waals surface area contributed by atoms with Crippen LogP contribution in [0.15, 0.2) is 18.2 Å². The topological polar surface area (TPSA) is 40.5 Å². The van der Waals surface area contributed by atoms with Crippen molar-refractivity contribution in [1.29, 1.82) is 0 Å². The molecular weight excluding hydrogens is 262 g/mol. The second-order valence-electron chi connectivity index (χ2n) is 7.40. The number of aliphatic hydroxyl groups excluding tert-OH is 1. The van der Waals surface area contributed by atoms with Crippen molar-refractivity contribution in [2.75, 3.05) is 13.1 Å². The van der Waals surface area contributed by atoms with Gasteiger partial charge in [-0.15, -0.1) is 0 Å².